The van der Waals surface area contributed by atoms with Gasteiger partial charge in [-0.25, -0.2) is 9.67 Å². The van der Waals surface area contributed by atoms with Gasteiger partial charge >= 0.3 is 0 Å². The molecule has 4 rings (SSSR count). The molecule has 1 N–H and O–H groups in total. The number of pyridine rings is 1. The monoisotopic (exact) mass is 405 g/mol. The molecule has 0 aliphatic carbocycles. The van der Waals surface area contributed by atoms with Gasteiger partial charge in [0.05, 0.1) is 28.8 Å². The number of fused-ring (bicyclic) bond motifs is 1. The van der Waals surface area contributed by atoms with Gasteiger partial charge in [0, 0.05) is 17.7 Å². The third-order valence-electron chi connectivity index (χ3n) is 4.48. The Kier molecular flexibility index (Phi) is 5.15. The SMILES string of the molecule is CC(C)(C)c1cc(NC(=O)CSc2ncc3ccccn23)n(-c2ccccc2)n1. The lowest BCUT2D eigenvalue weighted by atomic mass is 9.92. The molecule has 0 fully saturated rings. The zero-order valence-electron chi connectivity index (χ0n) is 16.7. The van der Waals surface area contributed by atoms with E-state index in [0.29, 0.717) is 5.82 Å². The molecule has 6 nitrogen and oxygen atoms in total. The van der Waals surface area contributed by atoms with Crippen molar-refractivity contribution in [3.8, 4) is 5.69 Å². The summed E-state index contributed by atoms with van der Waals surface area (Å²) >= 11 is 1.41. The minimum atomic E-state index is -0.122. The predicted octanol–water partition coefficient (Wildman–Crippen LogP) is 4.55. The van der Waals surface area contributed by atoms with Gasteiger partial charge in [-0.2, -0.15) is 5.10 Å². The highest BCUT2D eigenvalue weighted by molar-refractivity contribution is 7.99. The van der Waals surface area contributed by atoms with Crippen molar-refractivity contribution >= 4 is 29.0 Å². The van der Waals surface area contributed by atoms with E-state index in [2.05, 4.69) is 31.1 Å². The van der Waals surface area contributed by atoms with Gasteiger partial charge in [0.25, 0.3) is 0 Å². The number of hydrogen-bond donors (Lipinski definition) is 1. The quantitative estimate of drug-likeness (QED) is 0.495. The Morgan fingerprint density at radius 1 is 1.10 bits per heavy atom. The summed E-state index contributed by atoms with van der Waals surface area (Å²) in [6.45, 7) is 6.32. The highest BCUT2D eigenvalue weighted by atomic mass is 32.2. The Morgan fingerprint density at radius 3 is 2.62 bits per heavy atom. The average molecular weight is 406 g/mol. The second-order valence-corrected chi connectivity index (χ2v) is 8.73. The molecular weight excluding hydrogens is 382 g/mol. The molecule has 0 radical (unpaired) electrons. The maximum absolute atomic E-state index is 12.7. The maximum atomic E-state index is 12.7. The summed E-state index contributed by atoms with van der Waals surface area (Å²) in [5, 5.41) is 8.54. The number of para-hydroxylation sites is 1. The van der Waals surface area contributed by atoms with Crippen LogP contribution in [-0.4, -0.2) is 30.8 Å². The minimum Gasteiger partial charge on any atom is -0.310 e. The van der Waals surface area contributed by atoms with E-state index >= 15 is 0 Å². The van der Waals surface area contributed by atoms with Crippen LogP contribution in [0.4, 0.5) is 5.82 Å². The van der Waals surface area contributed by atoms with Crippen molar-refractivity contribution in [3.63, 3.8) is 0 Å². The molecule has 0 aliphatic rings. The highest BCUT2D eigenvalue weighted by Gasteiger charge is 2.21. The molecule has 148 valence electrons. The van der Waals surface area contributed by atoms with Crippen LogP contribution in [0.2, 0.25) is 0 Å². The number of thioether (sulfide) groups is 1. The number of rotatable bonds is 5. The summed E-state index contributed by atoms with van der Waals surface area (Å²) in [5.41, 5.74) is 2.71. The van der Waals surface area contributed by atoms with Crippen LogP contribution >= 0.6 is 11.8 Å². The van der Waals surface area contributed by atoms with E-state index in [-0.39, 0.29) is 17.1 Å². The zero-order valence-corrected chi connectivity index (χ0v) is 17.5. The lowest BCUT2D eigenvalue weighted by Gasteiger charge is -2.14. The smallest absolute Gasteiger partial charge is 0.236 e. The van der Waals surface area contributed by atoms with Crippen LogP contribution in [0.15, 0.2) is 72.1 Å². The summed E-state index contributed by atoms with van der Waals surface area (Å²) in [6.07, 6.45) is 3.75. The molecule has 29 heavy (non-hydrogen) atoms. The lowest BCUT2D eigenvalue weighted by molar-refractivity contribution is -0.113. The Labute approximate surface area is 174 Å². The number of nitrogens with one attached hydrogen (secondary N) is 1. The Hall–Kier alpha value is -3.06. The number of hydrogen-bond acceptors (Lipinski definition) is 4. The topological polar surface area (TPSA) is 64.2 Å². The number of benzene rings is 1. The molecule has 0 aliphatic heterocycles. The lowest BCUT2D eigenvalue weighted by Crippen LogP contribution is -2.17. The normalized spacial score (nSPS) is 11.7. The molecule has 3 aromatic heterocycles. The molecule has 1 aromatic carbocycles. The molecule has 0 atom stereocenters. The van der Waals surface area contributed by atoms with Crippen molar-refractivity contribution < 1.29 is 4.79 Å². The van der Waals surface area contributed by atoms with Gasteiger partial charge in [0.15, 0.2) is 5.16 Å². The minimum absolute atomic E-state index is 0.0970. The van der Waals surface area contributed by atoms with Crippen molar-refractivity contribution in [2.75, 3.05) is 11.1 Å². The second kappa shape index (κ2) is 7.75. The second-order valence-electron chi connectivity index (χ2n) is 7.79. The summed E-state index contributed by atoms with van der Waals surface area (Å²) < 4.78 is 3.76. The number of carbonyl (C=O) groups is 1. The molecule has 0 unspecified atom stereocenters. The number of amides is 1. The predicted molar refractivity (Wildman–Crippen MR) is 117 cm³/mol. The van der Waals surface area contributed by atoms with Crippen LogP contribution in [0.3, 0.4) is 0 Å². The number of anilines is 1. The highest BCUT2D eigenvalue weighted by Crippen LogP contribution is 2.26. The molecule has 0 saturated heterocycles. The van der Waals surface area contributed by atoms with Gasteiger partial charge in [-0.05, 0) is 24.3 Å². The Bertz CT molecular complexity index is 1140. The number of carbonyl (C=O) groups excluding carboxylic acids is 1. The van der Waals surface area contributed by atoms with Gasteiger partial charge < -0.3 is 5.32 Å². The van der Waals surface area contributed by atoms with Crippen LogP contribution in [0.1, 0.15) is 26.5 Å². The zero-order chi connectivity index (χ0) is 20.4. The van der Waals surface area contributed by atoms with Crippen molar-refractivity contribution in [1.29, 1.82) is 0 Å². The van der Waals surface area contributed by atoms with Crippen molar-refractivity contribution in [2.45, 2.75) is 31.3 Å². The van der Waals surface area contributed by atoms with Gasteiger partial charge in [-0.15, -0.1) is 0 Å². The van der Waals surface area contributed by atoms with E-state index in [4.69, 9.17) is 5.10 Å². The molecule has 0 bridgehead atoms. The van der Waals surface area contributed by atoms with Gasteiger partial charge in [0.2, 0.25) is 5.91 Å². The largest absolute Gasteiger partial charge is 0.310 e. The van der Waals surface area contributed by atoms with Crippen LogP contribution in [0, 0.1) is 0 Å². The fraction of sp³-hybridized carbons (Fsp3) is 0.227. The molecule has 4 aromatic rings. The summed E-state index contributed by atoms with van der Waals surface area (Å²) in [4.78, 5) is 17.1. The van der Waals surface area contributed by atoms with Gasteiger partial charge in [-0.1, -0.05) is 56.8 Å². The first kappa shape index (κ1) is 19.3. The van der Waals surface area contributed by atoms with Crippen LogP contribution in [0.25, 0.3) is 11.2 Å². The molecule has 0 saturated carbocycles. The van der Waals surface area contributed by atoms with Crippen LogP contribution in [-0.2, 0) is 10.2 Å². The Balaban J connectivity index is 1.53. The van der Waals surface area contributed by atoms with E-state index in [1.165, 1.54) is 11.8 Å². The van der Waals surface area contributed by atoms with Gasteiger partial charge in [0.1, 0.15) is 5.82 Å². The van der Waals surface area contributed by atoms with Gasteiger partial charge in [-0.3, -0.25) is 9.20 Å². The van der Waals surface area contributed by atoms with Crippen LogP contribution < -0.4 is 5.32 Å². The fourth-order valence-corrected chi connectivity index (χ4v) is 3.70. The molecular formula is C22H23N5OS. The van der Waals surface area contributed by atoms with E-state index in [1.54, 1.807) is 10.9 Å². The summed E-state index contributed by atoms with van der Waals surface area (Å²) in [5.74, 6) is 0.832. The third kappa shape index (κ3) is 4.19. The van der Waals surface area contributed by atoms with E-state index < -0.39 is 0 Å². The molecule has 0 spiro atoms. The number of nitrogens with zero attached hydrogens (tertiary/aromatic N) is 4. The number of aromatic nitrogens is 4. The van der Waals surface area contributed by atoms with Crippen molar-refractivity contribution in [2.24, 2.45) is 0 Å². The molecule has 3 heterocycles. The molecule has 7 heteroatoms. The molecule has 1 amide bonds. The summed E-state index contributed by atoms with van der Waals surface area (Å²) in [7, 11) is 0. The maximum Gasteiger partial charge on any atom is 0.236 e. The first-order valence-corrected chi connectivity index (χ1v) is 10.4. The van der Waals surface area contributed by atoms with Crippen LogP contribution in [0.5, 0.6) is 0 Å². The first-order chi connectivity index (χ1) is 13.9. The number of imidazole rings is 1. The summed E-state index contributed by atoms with van der Waals surface area (Å²) in [6, 6.07) is 17.7. The fourth-order valence-electron chi connectivity index (χ4n) is 2.94. The van der Waals surface area contributed by atoms with E-state index in [1.807, 2.05) is 65.2 Å². The third-order valence-corrected chi connectivity index (χ3v) is 5.45. The average Bonchev–Trinajstić information content (AvgIpc) is 3.31. The Morgan fingerprint density at radius 2 is 1.86 bits per heavy atom. The standard InChI is InChI=1S/C22H23N5OS/c1-22(2,3)18-13-19(27(25-18)16-9-5-4-6-10-16)24-20(28)15-29-21-23-14-17-11-7-8-12-26(17)21/h4-14H,15H2,1-3H3,(H,24,28). The van der Waals surface area contributed by atoms with Crippen molar-refractivity contribution in [1.82, 2.24) is 19.2 Å². The van der Waals surface area contributed by atoms with E-state index in [9.17, 15) is 4.79 Å². The van der Waals surface area contributed by atoms with E-state index in [0.717, 1.165) is 22.1 Å². The van der Waals surface area contributed by atoms with Crippen molar-refractivity contribution in [3.05, 3.63) is 72.7 Å². The first-order valence-electron chi connectivity index (χ1n) is 9.42.